The molecule has 4 saturated carbocycles. The van der Waals surface area contributed by atoms with Crippen molar-refractivity contribution in [2.75, 3.05) is 0 Å². The summed E-state index contributed by atoms with van der Waals surface area (Å²) < 4.78 is 11.3. The van der Waals surface area contributed by atoms with Crippen LogP contribution in [0.4, 0.5) is 0 Å². The quantitative estimate of drug-likeness (QED) is 0.217. The Bertz CT molecular complexity index is 1140. The number of hydrogen-bond donors (Lipinski definition) is 0. The lowest BCUT2D eigenvalue weighted by molar-refractivity contribution is -0.243. The van der Waals surface area contributed by atoms with Crippen LogP contribution in [0, 0.1) is 69.0 Å². The Hall–Kier alpha value is -1.91. The molecule has 12 atom stereocenters. The average molecular weight is 537 g/mol. The van der Waals surface area contributed by atoms with E-state index in [-0.39, 0.29) is 40.3 Å². The molecule has 2 bridgehead atoms. The molecule has 6 aliphatic carbocycles. The van der Waals surface area contributed by atoms with Gasteiger partial charge in [0.25, 0.3) is 0 Å². The third-order valence-corrected chi connectivity index (χ3v) is 13.5. The smallest absolute Gasteiger partial charge is 0.318 e. The summed E-state index contributed by atoms with van der Waals surface area (Å²) in [4.78, 5) is 39.1. The molecular formula is C34H48O5. The van der Waals surface area contributed by atoms with E-state index < -0.39 is 17.3 Å². The molecule has 1 heterocycles. The zero-order valence-corrected chi connectivity index (χ0v) is 25.0. The first kappa shape index (κ1) is 27.3. The molecule has 0 aromatic heterocycles. The van der Waals surface area contributed by atoms with Crippen molar-refractivity contribution >= 4 is 17.9 Å². The minimum Gasteiger partial charge on any atom is -0.463 e. The summed E-state index contributed by atoms with van der Waals surface area (Å²) in [5.41, 5.74) is -0.846. The maximum atomic E-state index is 13.7. The molecule has 9 unspecified atom stereocenters. The highest BCUT2D eigenvalue weighted by Crippen LogP contribution is 2.82. The lowest BCUT2D eigenvalue weighted by Gasteiger charge is -2.74. The Morgan fingerprint density at radius 3 is 2.36 bits per heavy atom. The molecule has 7 rings (SSSR count). The van der Waals surface area contributed by atoms with Gasteiger partial charge in [-0.2, -0.15) is 0 Å². The van der Waals surface area contributed by atoms with Gasteiger partial charge in [0.2, 0.25) is 0 Å². The third-order valence-electron chi connectivity index (χ3n) is 13.5. The number of rotatable bonds is 5. The highest BCUT2D eigenvalue weighted by molar-refractivity contribution is 5.99. The summed E-state index contributed by atoms with van der Waals surface area (Å²) in [6, 6.07) is 0. The van der Waals surface area contributed by atoms with Crippen LogP contribution < -0.4 is 0 Å². The van der Waals surface area contributed by atoms with Gasteiger partial charge in [0, 0.05) is 17.8 Å². The van der Waals surface area contributed by atoms with Gasteiger partial charge in [-0.3, -0.25) is 14.4 Å². The highest BCUT2D eigenvalue weighted by atomic mass is 16.6. The van der Waals surface area contributed by atoms with Gasteiger partial charge in [-0.1, -0.05) is 65.8 Å². The molecule has 0 amide bonds. The van der Waals surface area contributed by atoms with Crippen LogP contribution in [0.25, 0.3) is 0 Å². The summed E-state index contributed by atoms with van der Waals surface area (Å²) in [6.07, 6.45) is 16.2. The van der Waals surface area contributed by atoms with Crippen molar-refractivity contribution in [1.82, 2.24) is 0 Å². The van der Waals surface area contributed by atoms with E-state index in [4.69, 9.17) is 9.47 Å². The van der Waals surface area contributed by atoms with E-state index in [1.165, 1.54) is 19.8 Å². The van der Waals surface area contributed by atoms with Gasteiger partial charge in [0.15, 0.2) is 0 Å². The molecule has 214 valence electrons. The predicted molar refractivity (Wildman–Crippen MR) is 149 cm³/mol. The fraction of sp³-hybridized carbons (Fsp3) is 0.794. The van der Waals surface area contributed by atoms with Crippen LogP contribution in [0.1, 0.15) is 93.4 Å². The molecule has 2 spiro atoms. The van der Waals surface area contributed by atoms with Crippen LogP contribution in [0.15, 0.2) is 24.3 Å². The van der Waals surface area contributed by atoms with Crippen LogP contribution in [0.5, 0.6) is 0 Å². The Morgan fingerprint density at radius 2 is 1.67 bits per heavy atom. The van der Waals surface area contributed by atoms with E-state index in [9.17, 15) is 14.4 Å². The van der Waals surface area contributed by atoms with Gasteiger partial charge >= 0.3 is 17.9 Å². The molecule has 1 aliphatic heterocycles. The molecule has 5 nitrogen and oxygen atoms in total. The van der Waals surface area contributed by atoms with Crippen LogP contribution in [-0.2, 0) is 23.9 Å². The minimum atomic E-state index is -0.500. The molecule has 0 aromatic carbocycles. The van der Waals surface area contributed by atoms with Gasteiger partial charge in [0.05, 0.1) is 11.8 Å². The summed E-state index contributed by atoms with van der Waals surface area (Å²) in [7, 11) is 0. The molecule has 7 aliphatic rings. The van der Waals surface area contributed by atoms with Crippen molar-refractivity contribution in [3.63, 3.8) is 0 Å². The van der Waals surface area contributed by atoms with Crippen molar-refractivity contribution in [2.45, 2.75) is 99.5 Å². The van der Waals surface area contributed by atoms with Crippen LogP contribution in [-0.4, -0.2) is 24.0 Å². The SMILES string of the molecule is CC(=O)OC1CC[C@@]2(C)C3CCC4(C)C([C@H](C)/C=C/[C@H](C)C(C)C)CCC4C34C=CC2(C1)C1C(=O)OC(=O)C14. The Morgan fingerprint density at radius 1 is 0.949 bits per heavy atom. The maximum Gasteiger partial charge on any atom is 0.318 e. The van der Waals surface area contributed by atoms with E-state index in [1.807, 2.05) is 0 Å². The lowest BCUT2D eigenvalue weighted by Crippen LogP contribution is -2.72. The standard InChI is InChI=1S/C34H48O5/c1-19(2)20(3)8-9-21(4)24-10-11-25-31(24,6)14-13-26-32(7)15-12-23(38-22(5)35)18-33(32)16-17-34(25,26)28-27(33)29(36)39-30(28)37/h8-9,16-17,19-21,23-28H,10-15,18H2,1-7H3/b9-8+/t20-,21+,23?,24?,25?,26?,27?,28?,31?,32-,33?,34?/m0/s1. The summed E-state index contributed by atoms with van der Waals surface area (Å²) in [5.74, 6) is 1.10. The van der Waals surface area contributed by atoms with Gasteiger partial charge < -0.3 is 9.47 Å². The molecule has 0 N–H and O–H groups in total. The number of ether oxygens (including phenoxy) is 2. The van der Waals surface area contributed by atoms with Crippen LogP contribution in [0.3, 0.4) is 0 Å². The third kappa shape index (κ3) is 3.40. The first-order chi connectivity index (χ1) is 18.3. The van der Waals surface area contributed by atoms with Crippen molar-refractivity contribution in [1.29, 1.82) is 0 Å². The van der Waals surface area contributed by atoms with E-state index in [2.05, 4.69) is 65.8 Å². The van der Waals surface area contributed by atoms with Gasteiger partial charge in [-0.15, -0.1) is 0 Å². The topological polar surface area (TPSA) is 69.7 Å². The monoisotopic (exact) mass is 536 g/mol. The van der Waals surface area contributed by atoms with E-state index in [0.717, 1.165) is 25.7 Å². The van der Waals surface area contributed by atoms with Gasteiger partial charge in [-0.05, 0) is 91.3 Å². The van der Waals surface area contributed by atoms with E-state index in [1.54, 1.807) is 0 Å². The highest BCUT2D eigenvalue weighted by Gasteiger charge is 2.81. The van der Waals surface area contributed by atoms with E-state index in [0.29, 0.717) is 41.9 Å². The second-order valence-corrected chi connectivity index (χ2v) is 15.1. The lowest BCUT2D eigenvalue weighted by atomic mass is 9.28. The number of carbonyl (C=O) groups excluding carboxylic acids is 3. The maximum absolute atomic E-state index is 13.7. The molecule has 0 aromatic rings. The van der Waals surface area contributed by atoms with Gasteiger partial charge in [-0.25, -0.2) is 0 Å². The fourth-order valence-corrected chi connectivity index (χ4v) is 11.5. The number of allylic oxidation sites excluding steroid dienone is 4. The van der Waals surface area contributed by atoms with E-state index >= 15 is 0 Å². The van der Waals surface area contributed by atoms with Crippen molar-refractivity contribution < 1.29 is 23.9 Å². The molecule has 5 fully saturated rings. The predicted octanol–water partition coefficient (Wildman–Crippen LogP) is 6.91. The fourth-order valence-electron chi connectivity index (χ4n) is 11.5. The molecular weight excluding hydrogens is 488 g/mol. The van der Waals surface area contributed by atoms with Crippen molar-refractivity contribution in [3.05, 3.63) is 24.3 Å². The second kappa shape index (κ2) is 8.79. The zero-order chi connectivity index (χ0) is 28.1. The number of hydrogen-bond acceptors (Lipinski definition) is 5. The first-order valence-corrected chi connectivity index (χ1v) is 15.6. The second-order valence-electron chi connectivity index (χ2n) is 15.1. The first-order valence-electron chi connectivity index (χ1n) is 15.6. The Kier molecular flexibility index (Phi) is 6.15. The molecule has 5 heteroatoms. The number of fused-ring (bicyclic) bond motifs is 1. The number of cyclic esters (lactones) is 2. The van der Waals surface area contributed by atoms with Crippen molar-refractivity contribution in [3.8, 4) is 0 Å². The minimum absolute atomic E-state index is 0.116. The van der Waals surface area contributed by atoms with Crippen molar-refractivity contribution in [2.24, 2.45) is 69.0 Å². The summed E-state index contributed by atoms with van der Waals surface area (Å²) >= 11 is 0. The average Bonchev–Trinajstić information content (AvgIpc) is 3.39. The zero-order valence-electron chi connectivity index (χ0n) is 25.0. The Balaban J connectivity index is 1.42. The largest absolute Gasteiger partial charge is 0.463 e. The molecule has 0 radical (unpaired) electrons. The normalized spacial score (nSPS) is 49.3. The summed E-state index contributed by atoms with van der Waals surface area (Å²) in [5, 5.41) is 0. The number of carbonyl (C=O) groups is 3. The van der Waals surface area contributed by atoms with Crippen LogP contribution >= 0.6 is 0 Å². The molecule has 39 heavy (non-hydrogen) atoms. The van der Waals surface area contributed by atoms with Crippen LogP contribution in [0.2, 0.25) is 0 Å². The Labute approximate surface area is 234 Å². The van der Waals surface area contributed by atoms with Gasteiger partial charge in [0.1, 0.15) is 6.10 Å². The molecule has 1 saturated heterocycles. The number of esters is 3. The summed E-state index contributed by atoms with van der Waals surface area (Å²) in [6.45, 7) is 15.6.